The zero-order valence-electron chi connectivity index (χ0n) is 9.19. The summed E-state index contributed by atoms with van der Waals surface area (Å²) >= 11 is 0. The highest BCUT2D eigenvalue weighted by Gasteiger charge is 2.15. The van der Waals surface area contributed by atoms with Gasteiger partial charge in [-0.05, 0) is 25.5 Å². The van der Waals surface area contributed by atoms with E-state index in [2.05, 4.69) is 20.2 Å². The van der Waals surface area contributed by atoms with Gasteiger partial charge in [0.05, 0.1) is 0 Å². The second kappa shape index (κ2) is 5.07. The van der Waals surface area contributed by atoms with Gasteiger partial charge in [-0.1, -0.05) is 6.42 Å². The molecule has 1 aromatic heterocycles. The summed E-state index contributed by atoms with van der Waals surface area (Å²) in [5.74, 6) is 0.810. The Hall–Kier alpha value is -1.16. The Labute approximate surface area is 90.7 Å². The van der Waals surface area contributed by atoms with E-state index in [0.717, 1.165) is 19.0 Å². The lowest BCUT2D eigenvalue weighted by Crippen LogP contribution is -2.42. The van der Waals surface area contributed by atoms with Gasteiger partial charge in [-0.3, -0.25) is 0 Å². The maximum absolute atomic E-state index is 4.23. The number of hydrogen-bond acceptors (Lipinski definition) is 4. The van der Waals surface area contributed by atoms with Crippen LogP contribution in [0.5, 0.6) is 0 Å². The summed E-state index contributed by atoms with van der Waals surface area (Å²) in [5.41, 5.74) is 0. The predicted molar refractivity (Wildman–Crippen MR) is 60.9 cm³/mol. The van der Waals surface area contributed by atoms with E-state index in [1.54, 1.807) is 12.4 Å². The smallest absolute Gasteiger partial charge is 0.225 e. The highest BCUT2D eigenvalue weighted by molar-refractivity contribution is 5.26. The van der Waals surface area contributed by atoms with Crippen molar-refractivity contribution in [3.63, 3.8) is 0 Å². The van der Waals surface area contributed by atoms with Crippen molar-refractivity contribution in [1.29, 1.82) is 0 Å². The quantitative estimate of drug-likeness (QED) is 0.802. The van der Waals surface area contributed by atoms with Crippen molar-refractivity contribution in [3.8, 4) is 0 Å². The summed E-state index contributed by atoms with van der Waals surface area (Å²) in [6, 6.07) is 2.43. The number of nitrogens with one attached hydrogen (secondary N) is 1. The van der Waals surface area contributed by atoms with E-state index in [1.165, 1.54) is 19.3 Å². The van der Waals surface area contributed by atoms with Gasteiger partial charge < -0.3 is 10.2 Å². The lowest BCUT2D eigenvalue weighted by molar-refractivity contribution is 0.402. The van der Waals surface area contributed by atoms with Crippen LogP contribution in [0.25, 0.3) is 0 Å². The van der Waals surface area contributed by atoms with E-state index >= 15 is 0 Å². The van der Waals surface area contributed by atoms with Crippen LogP contribution in [0.4, 0.5) is 5.95 Å². The molecule has 0 radical (unpaired) electrons. The van der Waals surface area contributed by atoms with Gasteiger partial charge in [0.15, 0.2) is 0 Å². The molecule has 1 atom stereocenters. The van der Waals surface area contributed by atoms with Gasteiger partial charge in [0.2, 0.25) is 5.95 Å². The first-order valence-electron chi connectivity index (χ1n) is 5.58. The van der Waals surface area contributed by atoms with E-state index in [4.69, 9.17) is 0 Å². The minimum absolute atomic E-state index is 0.590. The predicted octanol–water partition coefficient (Wildman–Crippen LogP) is 1.05. The molecule has 0 unspecified atom stereocenters. The summed E-state index contributed by atoms with van der Waals surface area (Å²) in [5, 5.41) is 3.52. The highest BCUT2D eigenvalue weighted by Crippen LogP contribution is 2.10. The van der Waals surface area contributed by atoms with E-state index < -0.39 is 0 Å². The fourth-order valence-corrected chi connectivity index (χ4v) is 1.98. The lowest BCUT2D eigenvalue weighted by atomic mass is 10.0. The van der Waals surface area contributed by atoms with Crippen LogP contribution in [0.1, 0.15) is 19.3 Å². The maximum atomic E-state index is 4.23. The summed E-state index contributed by atoms with van der Waals surface area (Å²) in [4.78, 5) is 10.6. The average Bonchev–Trinajstić information content (AvgIpc) is 2.31. The molecule has 4 heteroatoms. The fourth-order valence-electron chi connectivity index (χ4n) is 1.98. The van der Waals surface area contributed by atoms with E-state index in [-0.39, 0.29) is 0 Å². The van der Waals surface area contributed by atoms with Crippen LogP contribution >= 0.6 is 0 Å². The Morgan fingerprint density at radius 1 is 1.40 bits per heavy atom. The Morgan fingerprint density at radius 3 is 2.87 bits per heavy atom. The molecular formula is C11H18N4. The van der Waals surface area contributed by atoms with Gasteiger partial charge in [-0.25, -0.2) is 9.97 Å². The van der Waals surface area contributed by atoms with Crippen LogP contribution in [0, 0.1) is 0 Å². The first-order valence-corrected chi connectivity index (χ1v) is 5.58. The minimum atomic E-state index is 0.590. The number of piperidine rings is 1. The van der Waals surface area contributed by atoms with Gasteiger partial charge in [-0.15, -0.1) is 0 Å². The third-order valence-electron chi connectivity index (χ3n) is 2.80. The maximum Gasteiger partial charge on any atom is 0.225 e. The molecule has 0 bridgehead atoms. The number of aromatic nitrogens is 2. The third-order valence-corrected chi connectivity index (χ3v) is 2.80. The van der Waals surface area contributed by atoms with Crippen molar-refractivity contribution < 1.29 is 0 Å². The van der Waals surface area contributed by atoms with Crippen LogP contribution in [0.15, 0.2) is 18.5 Å². The van der Waals surface area contributed by atoms with E-state index in [0.29, 0.717) is 6.04 Å². The first kappa shape index (κ1) is 10.4. The monoisotopic (exact) mass is 206 g/mol. The van der Waals surface area contributed by atoms with E-state index in [9.17, 15) is 0 Å². The van der Waals surface area contributed by atoms with E-state index in [1.807, 2.05) is 13.1 Å². The zero-order chi connectivity index (χ0) is 10.5. The third kappa shape index (κ3) is 2.89. The molecule has 1 aromatic rings. The zero-order valence-corrected chi connectivity index (χ0v) is 9.19. The Bertz CT molecular complexity index is 282. The summed E-state index contributed by atoms with van der Waals surface area (Å²) < 4.78 is 0. The Kier molecular flexibility index (Phi) is 3.50. The van der Waals surface area contributed by atoms with Gasteiger partial charge in [0.1, 0.15) is 0 Å². The Morgan fingerprint density at radius 2 is 2.20 bits per heavy atom. The van der Waals surface area contributed by atoms with Gasteiger partial charge in [0, 0.05) is 32.0 Å². The Balaban J connectivity index is 1.88. The second-order valence-electron chi connectivity index (χ2n) is 4.08. The van der Waals surface area contributed by atoms with Gasteiger partial charge >= 0.3 is 0 Å². The van der Waals surface area contributed by atoms with Crippen molar-refractivity contribution in [1.82, 2.24) is 15.3 Å². The summed E-state index contributed by atoms with van der Waals surface area (Å²) in [6.07, 6.45) is 7.47. The molecule has 0 spiro atoms. The largest absolute Gasteiger partial charge is 0.342 e. The molecule has 82 valence electrons. The number of hydrogen-bond donors (Lipinski definition) is 1. The van der Waals surface area contributed by atoms with Crippen LogP contribution in [0.2, 0.25) is 0 Å². The summed E-state index contributed by atoms with van der Waals surface area (Å²) in [7, 11) is 2.05. The molecule has 1 fully saturated rings. The van der Waals surface area contributed by atoms with Crippen molar-refractivity contribution in [2.45, 2.75) is 25.3 Å². The SMILES string of the molecule is CN(C[C@@H]1CCCCN1)c1ncccn1. The molecule has 2 heterocycles. The van der Waals surface area contributed by atoms with Crippen LogP contribution in [-0.4, -0.2) is 36.1 Å². The molecule has 1 saturated heterocycles. The number of rotatable bonds is 3. The minimum Gasteiger partial charge on any atom is -0.342 e. The van der Waals surface area contributed by atoms with Crippen LogP contribution in [0.3, 0.4) is 0 Å². The van der Waals surface area contributed by atoms with Crippen LogP contribution in [-0.2, 0) is 0 Å². The molecule has 0 amide bonds. The van der Waals surface area contributed by atoms with Crippen molar-refractivity contribution in [2.75, 3.05) is 25.0 Å². The first-order chi connectivity index (χ1) is 7.36. The fraction of sp³-hybridized carbons (Fsp3) is 0.636. The summed E-state index contributed by atoms with van der Waals surface area (Å²) in [6.45, 7) is 2.14. The molecule has 4 nitrogen and oxygen atoms in total. The topological polar surface area (TPSA) is 41.0 Å². The number of anilines is 1. The molecular weight excluding hydrogens is 188 g/mol. The number of nitrogens with zero attached hydrogens (tertiary/aromatic N) is 3. The molecule has 15 heavy (non-hydrogen) atoms. The second-order valence-corrected chi connectivity index (χ2v) is 4.08. The molecule has 0 aliphatic carbocycles. The van der Waals surface area contributed by atoms with Crippen molar-refractivity contribution >= 4 is 5.95 Å². The number of likely N-dealkylation sites (N-methyl/N-ethyl adjacent to an activating group) is 1. The van der Waals surface area contributed by atoms with Crippen LogP contribution < -0.4 is 10.2 Å². The average molecular weight is 206 g/mol. The molecule has 1 aliphatic heterocycles. The normalized spacial score (nSPS) is 21.3. The molecule has 2 rings (SSSR count). The molecule has 0 saturated carbocycles. The standard InChI is InChI=1S/C11H18N4/c1-15(11-13-7-4-8-14-11)9-10-5-2-3-6-12-10/h4,7-8,10,12H,2-3,5-6,9H2,1H3/t10-/m0/s1. The molecule has 0 aromatic carbocycles. The molecule has 1 aliphatic rings. The van der Waals surface area contributed by atoms with Gasteiger partial charge in [0.25, 0.3) is 0 Å². The van der Waals surface area contributed by atoms with Gasteiger partial charge in [-0.2, -0.15) is 0 Å². The lowest BCUT2D eigenvalue weighted by Gasteiger charge is -2.28. The molecule has 1 N–H and O–H groups in total. The van der Waals surface area contributed by atoms with Crippen molar-refractivity contribution in [3.05, 3.63) is 18.5 Å². The highest BCUT2D eigenvalue weighted by atomic mass is 15.2. The van der Waals surface area contributed by atoms with Crippen molar-refractivity contribution in [2.24, 2.45) is 0 Å².